The fourth-order valence-electron chi connectivity index (χ4n) is 1.55. The summed E-state index contributed by atoms with van der Waals surface area (Å²) in [6, 6.07) is 2.89. The summed E-state index contributed by atoms with van der Waals surface area (Å²) in [6.07, 6.45) is 1.28. The zero-order valence-electron chi connectivity index (χ0n) is 10.3. The van der Waals surface area contributed by atoms with Crippen LogP contribution >= 0.6 is 0 Å². The molecule has 2 rings (SSSR count). The lowest BCUT2D eigenvalue weighted by Gasteiger charge is -2.07. The summed E-state index contributed by atoms with van der Waals surface area (Å²) >= 11 is 0. The zero-order valence-corrected chi connectivity index (χ0v) is 11.2. The predicted octanol–water partition coefficient (Wildman–Crippen LogP) is 0.757. The maximum absolute atomic E-state index is 13.6. The SMILES string of the molecule is Cc1[nH]ncc1C(=O)Nc1cc(S(N)(=O)=O)ccc1F. The van der Waals surface area contributed by atoms with Gasteiger partial charge in [-0.1, -0.05) is 0 Å². The molecule has 2 aromatic rings. The summed E-state index contributed by atoms with van der Waals surface area (Å²) in [6.45, 7) is 1.62. The molecule has 1 aromatic heterocycles. The van der Waals surface area contributed by atoms with Gasteiger partial charge in [0.25, 0.3) is 5.91 Å². The number of rotatable bonds is 3. The third kappa shape index (κ3) is 2.83. The molecule has 4 N–H and O–H groups in total. The molecule has 0 aliphatic rings. The van der Waals surface area contributed by atoms with Gasteiger partial charge in [0.15, 0.2) is 0 Å². The Balaban J connectivity index is 2.34. The normalized spacial score (nSPS) is 11.3. The third-order valence-electron chi connectivity index (χ3n) is 2.59. The number of anilines is 1. The van der Waals surface area contributed by atoms with E-state index in [4.69, 9.17) is 5.14 Å². The van der Waals surface area contributed by atoms with Crippen LogP contribution in [-0.4, -0.2) is 24.5 Å². The fourth-order valence-corrected chi connectivity index (χ4v) is 2.09. The van der Waals surface area contributed by atoms with Crippen LogP contribution in [0.15, 0.2) is 29.3 Å². The second-order valence-corrected chi connectivity index (χ2v) is 5.61. The second-order valence-electron chi connectivity index (χ2n) is 4.05. The van der Waals surface area contributed by atoms with Gasteiger partial charge in [0.1, 0.15) is 5.82 Å². The first-order chi connectivity index (χ1) is 9.29. The molecule has 0 aliphatic heterocycles. The summed E-state index contributed by atoms with van der Waals surface area (Å²) in [5, 5.41) is 13.5. The number of nitrogens with one attached hydrogen (secondary N) is 2. The number of hydrogen-bond donors (Lipinski definition) is 3. The number of carbonyl (C=O) groups is 1. The number of H-pyrrole nitrogens is 1. The number of nitrogens with zero attached hydrogens (tertiary/aromatic N) is 1. The lowest BCUT2D eigenvalue weighted by atomic mass is 10.2. The van der Waals surface area contributed by atoms with E-state index < -0.39 is 21.7 Å². The summed E-state index contributed by atoms with van der Waals surface area (Å²) in [5.41, 5.74) is 0.457. The number of aromatic nitrogens is 2. The van der Waals surface area contributed by atoms with E-state index in [1.807, 2.05) is 0 Å². The Kier molecular flexibility index (Phi) is 3.55. The smallest absolute Gasteiger partial charge is 0.259 e. The highest BCUT2D eigenvalue weighted by molar-refractivity contribution is 7.89. The van der Waals surface area contributed by atoms with Crippen LogP contribution in [0.25, 0.3) is 0 Å². The van der Waals surface area contributed by atoms with E-state index in [9.17, 15) is 17.6 Å². The molecule has 0 radical (unpaired) electrons. The van der Waals surface area contributed by atoms with E-state index in [1.165, 1.54) is 6.20 Å². The zero-order chi connectivity index (χ0) is 14.9. The summed E-state index contributed by atoms with van der Waals surface area (Å²) in [5.74, 6) is -1.38. The highest BCUT2D eigenvalue weighted by Gasteiger charge is 2.16. The number of benzene rings is 1. The summed E-state index contributed by atoms with van der Waals surface area (Å²) in [4.78, 5) is 11.6. The van der Waals surface area contributed by atoms with Crippen LogP contribution < -0.4 is 10.5 Å². The molecule has 1 aromatic carbocycles. The Morgan fingerprint density at radius 2 is 2.15 bits per heavy atom. The van der Waals surface area contributed by atoms with E-state index in [0.29, 0.717) is 5.69 Å². The van der Waals surface area contributed by atoms with Gasteiger partial charge in [0.05, 0.1) is 22.3 Å². The van der Waals surface area contributed by atoms with Crippen molar-refractivity contribution in [1.82, 2.24) is 10.2 Å². The van der Waals surface area contributed by atoms with E-state index >= 15 is 0 Å². The summed E-state index contributed by atoms with van der Waals surface area (Å²) < 4.78 is 36.0. The van der Waals surface area contributed by atoms with Crippen molar-refractivity contribution in [2.45, 2.75) is 11.8 Å². The van der Waals surface area contributed by atoms with Crippen molar-refractivity contribution in [3.8, 4) is 0 Å². The Morgan fingerprint density at radius 1 is 1.45 bits per heavy atom. The van der Waals surface area contributed by atoms with Gasteiger partial charge in [0.2, 0.25) is 10.0 Å². The molecule has 0 aliphatic carbocycles. The number of carbonyl (C=O) groups excluding carboxylic acids is 1. The lowest BCUT2D eigenvalue weighted by Crippen LogP contribution is -2.16. The van der Waals surface area contributed by atoms with Crippen LogP contribution in [0, 0.1) is 12.7 Å². The molecule has 0 atom stereocenters. The molecule has 9 heteroatoms. The maximum atomic E-state index is 13.6. The molecule has 0 fully saturated rings. The largest absolute Gasteiger partial charge is 0.319 e. The molecule has 0 unspecified atom stereocenters. The standard InChI is InChI=1S/C11H11FN4O3S/c1-6-8(5-14-16-6)11(17)15-10-4-7(20(13,18)19)2-3-9(10)12/h2-5H,1H3,(H,14,16)(H,15,17)(H2,13,18,19). The number of primary sulfonamides is 1. The van der Waals surface area contributed by atoms with Crippen molar-refractivity contribution in [2.24, 2.45) is 5.14 Å². The van der Waals surface area contributed by atoms with Gasteiger partial charge in [-0.05, 0) is 25.1 Å². The molecular weight excluding hydrogens is 287 g/mol. The van der Waals surface area contributed by atoms with E-state index in [2.05, 4.69) is 15.5 Å². The van der Waals surface area contributed by atoms with Crippen LogP contribution in [0.1, 0.15) is 16.1 Å². The molecule has 7 nitrogen and oxygen atoms in total. The molecule has 0 saturated carbocycles. The van der Waals surface area contributed by atoms with Crippen molar-refractivity contribution in [3.05, 3.63) is 41.5 Å². The maximum Gasteiger partial charge on any atom is 0.259 e. The highest BCUT2D eigenvalue weighted by Crippen LogP contribution is 2.19. The molecule has 0 saturated heterocycles. The summed E-state index contributed by atoms with van der Waals surface area (Å²) in [7, 11) is -3.98. The van der Waals surface area contributed by atoms with Crippen LogP contribution in [0.4, 0.5) is 10.1 Å². The third-order valence-corrected chi connectivity index (χ3v) is 3.50. The predicted molar refractivity (Wildman–Crippen MR) is 69.1 cm³/mol. The molecule has 20 heavy (non-hydrogen) atoms. The quantitative estimate of drug-likeness (QED) is 0.775. The Labute approximate surface area is 114 Å². The first kappa shape index (κ1) is 14.2. The molecule has 0 bridgehead atoms. The number of halogens is 1. The number of nitrogens with two attached hydrogens (primary N) is 1. The Morgan fingerprint density at radius 3 is 2.70 bits per heavy atom. The van der Waals surface area contributed by atoms with Crippen molar-refractivity contribution >= 4 is 21.6 Å². The van der Waals surface area contributed by atoms with Gasteiger partial charge in [-0.2, -0.15) is 5.10 Å². The van der Waals surface area contributed by atoms with Crippen molar-refractivity contribution < 1.29 is 17.6 Å². The van der Waals surface area contributed by atoms with E-state index in [1.54, 1.807) is 6.92 Å². The topological polar surface area (TPSA) is 118 Å². The highest BCUT2D eigenvalue weighted by atomic mass is 32.2. The number of aryl methyl sites for hydroxylation is 1. The first-order valence-corrected chi connectivity index (χ1v) is 6.97. The van der Waals surface area contributed by atoms with Crippen LogP contribution in [-0.2, 0) is 10.0 Å². The van der Waals surface area contributed by atoms with Gasteiger partial charge < -0.3 is 5.32 Å². The van der Waals surface area contributed by atoms with Gasteiger partial charge >= 0.3 is 0 Å². The van der Waals surface area contributed by atoms with Gasteiger partial charge in [-0.25, -0.2) is 17.9 Å². The van der Waals surface area contributed by atoms with Crippen LogP contribution in [0.5, 0.6) is 0 Å². The molecule has 0 spiro atoms. The van der Waals surface area contributed by atoms with E-state index in [0.717, 1.165) is 18.2 Å². The monoisotopic (exact) mass is 298 g/mol. The minimum absolute atomic E-state index is 0.227. The number of hydrogen-bond acceptors (Lipinski definition) is 4. The average Bonchev–Trinajstić information content (AvgIpc) is 2.77. The molecule has 1 amide bonds. The number of aromatic amines is 1. The van der Waals surface area contributed by atoms with Crippen LogP contribution in [0.3, 0.4) is 0 Å². The Hall–Kier alpha value is -2.26. The van der Waals surface area contributed by atoms with Gasteiger partial charge in [-0.15, -0.1) is 0 Å². The minimum Gasteiger partial charge on any atom is -0.319 e. The van der Waals surface area contributed by atoms with Crippen molar-refractivity contribution in [1.29, 1.82) is 0 Å². The lowest BCUT2D eigenvalue weighted by molar-refractivity contribution is 0.102. The van der Waals surface area contributed by atoms with Gasteiger partial charge in [-0.3, -0.25) is 9.89 Å². The average molecular weight is 298 g/mol. The van der Waals surface area contributed by atoms with E-state index in [-0.39, 0.29) is 16.1 Å². The fraction of sp³-hybridized carbons (Fsp3) is 0.0909. The molecule has 106 valence electrons. The minimum atomic E-state index is -3.98. The number of amides is 1. The molecular formula is C11H11FN4O3S. The second kappa shape index (κ2) is 5.02. The van der Waals surface area contributed by atoms with Crippen molar-refractivity contribution in [2.75, 3.05) is 5.32 Å². The van der Waals surface area contributed by atoms with Gasteiger partial charge in [0, 0.05) is 5.69 Å². The van der Waals surface area contributed by atoms with Crippen molar-refractivity contribution in [3.63, 3.8) is 0 Å². The first-order valence-electron chi connectivity index (χ1n) is 5.42. The molecule has 1 heterocycles. The number of sulfonamides is 1. The van der Waals surface area contributed by atoms with Crippen LogP contribution in [0.2, 0.25) is 0 Å². The Bertz CT molecular complexity index is 770.